The summed E-state index contributed by atoms with van der Waals surface area (Å²) in [5, 5.41) is 12.5. The maximum atomic E-state index is 10.8. The Hall–Kier alpha value is -0.570. The van der Waals surface area contributed by atoms with Gasteiger partial charge < -0.3 is 10.4 Å². The van der Waals surface area contributed by atoms with Gasteiger partial charge in [0, 0.05) is 12.1 Å². The summed E-state index contributed by atoms with van der Waals surface area (Å²) >= 11 is 0. The zero-order valence-electron chi connectivity index (χ0n) is 8.70. The maximum absolute atomic E-state index is 10.8. The topological polar surface area (TPSA) is 49.3 Å². The van der Waals surface area contributed by atoms with Crippen LogP contribution in [0.25, 0.3) is 0 Å². The van der Waals surface area contributed by atoms with Crippen molar-refractivity contribution in [2.45, 2.75) is 51.1 Å². The van der Waals surface area contributed by atoms with Crippen molar-refractivity contribution in [3.8, 4) is 0 Å². The minimum Gasteiger partial charge on any atom is -0.481 e. The van der Waals surface area contributed by atoms with Gasteiger partial charge in [0.1, 0.15) is 0 Å². The van der Waals surface area contributed by atoms with E-state index >= 15 is 0 Å². The molecule has 0 amide bonds. The van der Waals surface area contributed by atoms with Crippen LogP contribution in [0.2, 0.25) is 0 Å². The molecule has 0 aromatic carbocycles. The second-order valence-corrected chi connectivity index (χ2v) is 4.88. The quantitative estimate of drug-likeness (QED) is 0.723. The van der Waals surface area contributed by atoms with Gasteiger partial charge in [0.05, 0.1) is 5.92 Å². The highest BCUT2D eigenvalue weighted by atomic mass is 16.4. The molecule has 4 atom stereocenters. The number of carboxylic acids is 1. The van der Waals surface area contributed by atoms with E-state index in [1.165, 1.54) is 6.42 Å². The molecule has 4 unspecified atom stereocenters. The fourth-order valence-corrected chi connectivity index (χ4v) is 2.42. The molecule has 2 N–H and O–H groups in total. The average Bonchev–Trinajstić information content (AvgIpc) is 2.82. The van der Waals surface area contributed by atoms with Crippen LogP contribution >= 0.6 is 0 Å². The smallest absolute Gasteiger partial charge is 0.306 e. The molecule has 2 rings (SSSR count). The van der Waals surface area contributed by atoms with Gasteiger partial charge in [-0.2, -0.15) is 0 Å². The lowest BCUT2D eigenvalue weighted by molar-refractivity contribution is -0.143. The fourth-order valence-electron chi connectivity index (χ4n) is 2.42. The highest BCUT2D eigenvalue weighted by molar-refractivity contribution is 5.70. The van der Waals surface area contributed by atoms with Crippen LogP contribution in [0, 0.1) is 11.8 Å². The lowest BCUT2D eigenvalue weighted by Gasteiger charge is -2.27. The van der Waals surface area contributed by atoms with Crippen LogP contribution in [0.3, 0.4) is 0 Å². The molecule has 2 fully saturated rings. The summed E-state index contributed by atoms with van der Waals surface area (Å²) in [5.41, 5.74) is 0. The van der Waals surface area contributed by atoms with E-state index in [1.807, 2.05) is 0 Å². The Kier molecular flexibility index (Phi) is 2.77. The first-order valence-electron chi connectivity index (χ1n) is 5.65. The van der Waals surface area contributed by atoms with Crippen molar-refractivity contribution in [3.05, 3.63) is 0 Å². The van der Waals surface area contributed by atoms with Gasteiger partial charge in [-0.15, -0.1) is 0 Å². The predicted molar refractivity (Wildman–Crippen MR) is 54.1 cm³/mol. The van der Waals surface area contributed by atoms with E-state index in [1.54, 1.807) is 0 Å². The SMILES string of the molecule is CC1CC1NC1CCCC(C(=O)O)C1. The average molecular weight is 197 g/mol. The van der Waals surface area contributed by atoms with Crippen molar-refractivity contribution in [1.82, 2.24) is 5.32 Å². The third-order valence-corrected chi connectivity index (χ3v) is 3.58. The Morgan fingerprint density at radius 1 is 1.36 bits per heavy atom. The molecule has 0 bridgehead atoms. The largest absolute Gasteiger partial charge is 0.481 e. The van der Waals surface area contributed by atoms with Crippen molar-refractivity contribution in [2.75, 3.05) is 0 Å². The Morgan fingerprint density at radius 3 is 2.64 bits per heavy atom. The maximum Gasteiger partial charge on any atom is 0.306 e. The molecular formula is C11H19NO2. The molecule has 2 aliphatic carbocycles. The molecule has 3 heteroatoms. The normalized spacial score (nSPS) is 42.1. The van der Waals surface area contributed by atoms with Gasteiger partial charge in [0.15, 0.2) is 0 Å². The monoisotopic (exact) mass is 197 g/mol. The van der Waals surface area contributed by atoms with Gasteiger partial charge in [0.2, 0.25) is 0 Å². The highest BCUT2D eigenvalue weighted by Crippen LogP contribution is 2.32. The first-order chi connectivity index (χ1) is 6.66. The lowest BCUT2D eigenvalue weighted by atomic mass is 9.86. The zero-order valence-corrected chi connectivity index (χ0v) is 8.70. The standard InChI is InChI=1S/C11H19NO2/c1-7-5-10(7)12-9-4-2-3-8(6-9)11(13)14/h7-10,12H,2-6H2,1H3,(H,13,14). The number of hydrogen-bond acceptors (Lipinski definition) is 2. The minimum absolute atomic E-state index is 0.102. The second kappa shape index (κ2) is 3.89. The number of carboxylic acid groups (broad SMARTS) is 1. The first-order valence-corrected chi connectivity index (χ1v) is 5.65. The van der Waals surface area contributed by atoms with Crippen LogP contribution in [-0.2, 0) is 4.79 Å². The zero-order chi connectivity index (χ0) is 10.1. The Labute approximate surface area is 84.9 Å². The number of aliphatic carboxylic acids is 1. The van der Waals surface area contributed by atoms with E-state index in [9.17, 15) is 4.79 Å². The molecule has 80 valence electrons. The van der Waals surface area contributed by atoms with Crippen LogP contribution < -0.4 is 5.32 Å². The van der Waals surface area contributed by atoms with Gasteiger partial charge in [-0.1, -0.05) is 13.3 Å². The van der Waals surface area contributed by atoms with Crippen molar-refractivity contribution in [2.24, 2.45) is 11.8 Å². The summed E-state index contributed by atoms with van der Waals surface area (Å²) < 4.78 is 0. The van der Waals surface area contributed by atoms with Gasteiger partial charge >= 0.3 is 5.97 Å². The van der Waals surface area contributed by atoms with E-state index < -0.39 is 5.97 Å². The van der Waals surface area contributed by atoms with E-state index in [4.69, 9.17) is 5.11 Å². The number of nitrogens with one attached hydrogen (secondary N) is 1. The second-order valence-electron chi connectivity index (χ2n) is 4.88. The molecule has 0 heterocycles. The minimum atomic E-state index is -0.611. The van der Waals surface area contributed by atoms with E-state index in [0.29, 0.717) is 12.1 Å². The fraction of sp³-hybridized carbons (Fsp3) is 0.909. The number of rotatable bonds is 3. The number of hydrogen-bond donors (Lipinski definition) is 2. The van der Waals surface area contributed by atoms with Gasteiger partial charge in [0.25, 0.3) is 0 Å². The molecule has 0 aromatic rings. The molecule has 3 nitrogen and oxygen atoms in total. The molecule has 0 radical (unpaired) electrons. The van der Waals surface area contributed by atoms with Crippen LogP contribution in [0.1, 0.15) is 39.0 Å². The van der Waals surface area contributed by atoms with E-state index in [-0.39, 0.29) is 5.92 Å². The molecular weight excluding hydrogens is 178 g/mol. The first kappa shape index (κ1) is 9.97. The third-order valence-electron chi connectivity index (χ3n) is 3.58. The van der Waals surface area contributed by atoms with Crippen LogP contribution in [0.15, 0.2) is 0 Å². The molecule has 14 heavy (non-hydrogen) atoms. The Balaban J connectivity index is 1.79. The summed E-state index contributed by atoms with van der Waals surface area (Å²) in [5.74, 6) is 0.0934. The highest BCUT2D eigenvalue weighted by Gasteiger charge is 2.36. The summed E-state index contributed by atoms with van der Waals surface area (Å²) in [7, 11) is 0. The summed E-state index contributed by atoms with van der Waals surface area (Å²) in [6.45, 7) is 2.25. The molecule has 2 saturated carbocycles. The predicted octanol–water partition coefficient (Wildman–Crippen LogP) is 1.63. The molecule has 2 aliphatic rings. The van der Waals surface area contributed by atoms with Crippen molar-refractivity contribution in [3.63, 3.8) is 0 Å². The van der Waals surface area contributed by atoms with Crippen molar-refractivity contribution in [1.29, 1.82) is 0 Å². The molecule has 0 spiro atoms. The van der Waals surface area contributed by atoms with Gasteiger partial charge in [-0.05, 0) is 31.6 Å². The summed E-state index contributed by atoms with van der Waals surface area (Å²) in [6.07, 6.45) is 5.20. The molecule has 0 saturated heterocycles. The lowest BCUT2D eigenvalue weighted by Crippen LogP contribution is -2.38. The van der Waals surface area contributed by atoms with Crippen LogP contribution in [0.5, 0.6) is 0 Å². The molecule has 0 aromatic heterocycles. The summed E-state index contributed by atoms with van der Waals surface area (Å²) in [6, 6.07) is 1.13. The van der Waals surface area contributed by atoms with Gasteiger partial charge in [-0.3, -0.25) is 4.79 Å². The van der Waals surface area contributed by atoms with Gasteiger partial charge in [-0.25, -0.2) is 0 Å². The van der Waals surface area contributed by atoms with Crippen molar-refractivity contribution >= 4 is 5.97 Å². The molecule has 0 aliphatic heterocycles. The van der Waals surface area contributed by atoms with E-state index in [2.05, 4.69) is 12.2 Å². The Morgan fingerprint density at radius 2 is 2.07 bits per heavy atom. The van der Waals surface area contributed by atoms with Crippen molar-refractivity contribution < 1.29 is 9.90 Å². The summed E-state index contributed by atoms with van der Waals surface area (Å²) in [4.78, 5) is 10.8. The van der Waals surface area contributed by atoms with Crippen LogP contribution in [-0.4, -0.2) is 23.2 Å². The van der Waals surface area contributed by atoms with E-state index in [0.717, 1.165) is 31.6 Å². The van der Waals surface area contributed by atoms with Crippen LogP contribution in [0.4, 0.5) is 0 Å². The number of carbonyl (C=O) groups is 1. The Bertz CT molecular complexity index is 229. The third kappa shape index (κ3) is 2.27.